The molecule has 3 aromatic carbocycles. The maximum absolute atomic E-state index is 13.0. The van der Waals surface area contributed by atoms with E-state index in [1.54, 1.807) is 48.2 Å². The molecule has 35 heavy (non-hydrogen) atoms. The average Bonchev–Trinajstić information content (AvgIpc) is 3.19. The zero-order valence-corrected chi connectivity index (χ0v) is 20.9. The number of carbonyl (C=O) groups excluding carboxylic acids is 3. The highest BCUT2D eigenvalue weighted by atomic mass is 32.2. The molecule has 0 radical (unpaired) electrons. The summed E-state index contributed by atoms with van der Waals surface area (Å²) in [6.45, 7) is 6.27. The molecule has 0 unspecified atom stereocenters. The van der Waals surface area contributed by atoms with Crippen LogP contribution in [0.4, 0.5) is 5.69 Å². The second-order valence-electron chi connectivity index (χ2n) is 9.50. The predicted molar refractivity (Wildman–Crippen MR) is 140 cm³/mol. The summed E-state index contributed by atoms with van der Waals surface area (Å²) in [5.41, 5.74) is 3.00. The fourth-order valence-corrected chi connectivity index (χ4v) is 5.06. The number of amides is 3. The third kappa shape index (κ3) is 6.11. The molecule has 0 aromatic heterocycles. The molecule has 1 atom stereocenters. The van der Waals surface area contributed by atoms with Crippen LogP contribution in [0.5, 0.6) is 0 Å². The smallest absolute Gasteiger partial charge is 0.255 e. The molecule has 6 nitrogen and oxygen atoms in total. The SMILES string of the molecule is CC(C)(C)NC(=O)c1ccccc1NC(=O)c1ccc([C@@H]2SCC(=O)N2Cc2ccccc2)cc1. The van der Waals surface area contributed by atoms with E-state index >= 15 is 0 Å². The molecule has 1 fully saturated rings. The Bertz CT molecular complexity index is 1220. The van der Waals surface area contributed by atoms with Gasteiger partial charge in [-0.1, -0.05) is 54.6 Å². The van der Waals surface area contributed by atoms with Gasteiger partial charge in [-0.15, -0.1) is 11.8 Å². The lowest BCUT2D eigenvalue weighted by molar-refractivity contribution is -0.128. The Labute approximate surface area is 210 Å². The molecule has 1 saturated heterocycles. The summed E-state index contributed by atoms with van der Waals surface area (Å²) in [6.07, 6.45) is 0. The van der Waals surface area contributed by atoms with Crippen LogP contribution in [0.1, 0.15) is 58.0 Å². The molecular formula is C28H29N3O3S. The first-order valence-electron chi connectivity index (χ1n) is 11.5. The van der Waals surface area contributed by atoms with Gasteiger partial charge in [-0.05, 0) is 56.2 Å². The van der Waals surface area contributed by atoms with Gasteiger partial charge in [0.1, 0.15) is 5.37 Å². The third-order valence-electron chi connectivity index (χ3n) is 5.53. The number of rotatable bonds is 6. The van der Waals surface area contributed by atoms with E-state index in [0.29, 0.717) is 29.1 Å². The van der Waals surface area contributed by atoms with Crippen LogP contribution in [-0.4, -0.2) is 33.9 Å². The average molecular weight is 488 g/mol. The third-order valence-corrected chi connectivity index (χ3v) is 6.79. The van der Waals surface area contributed by atoms with Crippen LogP contribution in [0.3, 0.4) is 0 Å². The van der Waals surface area contributed by atoms with Crippen LogP contribution in [0.25, 0.3) is 0 Å². The van der Waals surface area contributed by atoms with Crippen molar-refractivity contribution in [1.82, 2.24) is 10.2 Å². The van der Waals surface area contributed by atoms with Crippen molar-refractivity contribution in [3.8, 4) is 0 Å². The van der Waals surface area contributed by atoms with Crippen molar-refractivity contribution >= 4 is 35.2 Å². The molecule has 180 valence electrons. The lowest BCUT2D eigenvalue weighted by Gasteiger charge is -2.24. The molecule has 3 amide bonds. The van der Waals surface area contributed by atoms with Crippen molar-refractivity contribution in [3.63, 3.8) is 0 Å². The van der Waals surface area contributed by atoms with Gasteiger partial charge in [-0.2, -0.15) is 0 Å². The number of carbonyl (C=O) groups is 3. The molecule has 1 aliphatic heterocycles. The summed E-state index contributed by atoms with van der Waals surface area (Å²) in [5, 5.41) is 5.69. The minimum atomic E-state index is -0.391. The summed E-state index contributed by atoms with van der Waals surface area (Å²) < 4.78 is 0. The zero-order chi connectivity index (χ0) is 25.0. The molecule has 1 aliphatic rings. The van der Waals surface area contributed by atoms with Gasteiger partial charge in [0.2, 0.25) is 5.91 Å². The predicted octanol–water partition coefficient (Wildman–Crippen LogP) is 5.24. The first-order valence-corrected chi connectivity index (χ1v) is 12.5. The van der Waals surface area contributed by atoms with Crippen LogP contribution >= 0.6 is 11.8 Å². The highest BCUT2D eigenvalue weighted by Crippen LogP contribution is 2.39. The Morgan fingerprint density at radius 3 is 2.26 bits per heavy atom. The summed E-state index contributed by atoms with van der Waals surface area (Å²) in [4.78, 5) is 40.0. The summed E-state index contributed by atoms with van der Waals surface area (Å²) in [6, 6.07) is 24.2. The summed E-state index contributed by atoms with van der Waals surface area (Å²) in [5.74, 6) is -0.00231. The van der Waals surface area contributed by atoms with Crippen molar-refractivity contribution in [2.75, 3.05) is 11.1 Å². The number of thioether (sulfide) groups is 1. The Kier molecular flexibility index (Phi) is 7.26. The lowest BCUT2D eigenvalue weighted by Crippen LogP contribution is -2.40. The summed E-state index contributed by atoms with van der Waals surface area (Å²) in [7, 11) is 0. The molecule has 2 N–H and O–H groups in total. The Morgan fingerprint density at radius 1 is 0.914 bits per heavy atom. The van der Waals surface area contributed by atoms with E-state index in [1.807, 2.05) is 68.1 Å². The normalized spacial score (nSPS) is 15.7. The molecule has 0 saturated carbocycles. The molecule has 4 rings (SSSR count). The Hall–Kier alpha value is -3.58. The van der Waals surface area contributed by atoms with Crippen molar-refractivity contribution in [2.45, 2.75) is 38.2 Å². The van der Waals surface area contributed by atoms with Gasteiger partial charge in [0.05, 0.1) is 17.0 Å². The monoisotopic (exact) mass is 487 g/mol. The molecular weight excluding hydrogens is 458 g/mol. The fourth-order valence-electron chi connectivity index (χ4n) is 3.87. The van der Waals surface area contributed by atoms with E-state index < -0.39 is 5.54 Å². The Morgan fingerprint density at radius 2 is 1.57 bits per heavy atom. The van der Waals surface area contributed by atoms with E-state index in [4.69, 9.17) is 0 Å². The second-order valence-corrected chi connectivity index (χ2v) is 10.6. The van der Waals surface area contributed by atoms with E-state index in [9.17, 15) is 14.4 Å². The van der Waals surface area contributed by atoms with Gasteiger partial charge in [0, 0.05) is 17.6 Å². The number of benzene rings is 3. The van der Waals surface area contributed by atoms with Gasteiger partial charge < -0.3 is 15.5 Å². The minimum absolute atomic E-state index is 0.0957. The number of nitrogens with one attached hydrogen (secondary N) is 2. The maximum atomic E-state index is 13.0. The number of hydrogen-bond donors (Lipinski definition) is 2. The van der Waals surface area contributed by atoms with E-state index in [0.717, 1.165) is 11.1 Å². The van der Waals surface area contributed by atoms with Crippen molar-refractivity contribution in [1.29, 1.82) is 0 Å². The molecule has 3 aromatic rings. The maximum Gasteiger partial charge on any atom is 0.255 e. The fraction of sp³-hybridized carbons (Fsp3) is 0.250. The zero-order valence-electron chi connectivity index (χ0n) is 20.1. The van der Waals surface area contributed by atoms with Gasteiger partial charge in [-0.25, -0.2) is 0 Å². The number of anilines is 1. The van der Waals surface area contributed by atoms with Crippen molar-refractivity contribution < 1.29 is 14.4 Å². The number of hydrogen-bond acceptors (Lipinski definition) is 4. The van der Waals surface area contributed by atoms with E-state index in [-0.39, 0.29) is 23.1 Å². The Balaban J connectivity index is 1.47. The quantitative estimate of drug-likeness (QED) is 0.498. The summed E-state index contributed by atoms with van der Waals surface area (Å²) >= 11 is 1.59. The highest BCUT2D eigenvalue weighted by molar-refractivity contribution is 8.00. The molecule has 7 heteroatoms. The van der Waals surface area contributed by atoms with Gasteiger partial charge in [0.25, 0.3) is 11.8 Å². The van der Waals surface area contributed by atoms with Crippen LogP contribution in [-0.2, 0) is 11.3 Å². The number of para-hydroxylation sites is 1. The number of nitrogens with zero attached hydrogens (tertiary/aromatic N) is 1. The lowest BCUT2D eigenvalue weighted by atomic mass is 10.1. The first kappa shape index (κ1) is 24.5. The van der Waals surface area contributed by atoms with Crippen LogP contribution in [0.15, 0.2) is 78.9 Å². The van der Waals surface area contributed by atoms with Crippen LogP contribution < -0.4 is 10.6 Å². The van der Waals surface area contributed by atoms with E-state index in [2.05, 4.69) is 10.6 Å². The topological polar surface area (TPSA) is 78.5 Å². The molecule has 0 bridgehead atoms. The molecule has 1 heterocycles. The standard InChI is InChI=1S/C28H29N3O3S/c1-28(2,3)30-26(34)22-11-7-8-12-23(22)29-25(33)20-13-15-21(16-14-20)27-31(24(32)18-35-27)17-19-9-5-4-6-10-19/h4-16,27H,17-18H2,1-3H3,(H,29,33)(H,30,34)/t27-/m0/s1. The van der Waals surface area contributed by atoms with E-state index in [1.165, 1.54) is 0 Å². The van der Waals surface area contributed by atoms with Crippen molar-refractivity contribution in [3.05, 3.63) is 101 Å². The van der Waals surface area contributed by atoms with Crippen LogP contribution in [0.2, 0.25) is 0 Å². The van der Waals surface area contributed by atoms with Gasteiger partial charge in [0.15, 0.2) is 0 Å². The largest absolute Gasteiger partial charge is 0.347 e. The van der Waals surface area contributed by atoms with Crippen LogP contribution in [0, 0.1) is 0 Å². The van der Waals surface area contributed by atoms with Gasteiger partial charge >= 0.3 is 0 Å². The minimum Gasteiger partial charge on any atom is -0.347 e. The molecule has 0 spiro atoms. The molecule has 0 aliphatic carbocycles. The second kappa shape index (κ2) is 10.4. The highest BCUT2D eigenvalue weighted by Gasteiger charge is 2.32. The first-order chi connectivity index (χ1) is 16.7. The van der Waals surface area contributed by atoms with Crippen molar-refractivity contribution in [2.24, 2.45) is 0 Å². The van der Waals surface area contributed by atoms with Gasteiger partial charge in [-0.3, -0.25) is 14.4 Å².